The first-order valence-electron chi connectivity index (χ1n) is 10.6. The Bertz CT molecular complexity index is 1130. The first-order chi connectivity index (χ1) is 15.9. The molecule has 1 aromatic heterocycles. The number of fused-ring (bicyclic) bond motifs is 4. The number of pyridine rings is 1. The van der Waals surface area contributed by atoms with E-state index in [2.05, 4.69) is 5.32 Å². The summed E-state index contributed by atoms with van der Waals surface area (Å²) in [6.07, 6.45) is 0.858. The summed E-state index contributed by atoms with van der Waals surface area (Å²) < 4.78 is 11.7. The van der Waals surface area contributed by atoms with E-state index in [0.717, 1.165) is 12.1 Å². The average molecular weight is 455 g/mol. The predicted octanol–water partition coefficient (Wildman–Crippen LogP) is 1.16. The molecule has 0 unspecified atom stereocenters. The van der Waals surface area contributed by atoms with Crippen LogP contribution < -0.4 is 15.6 Å². The smallest absolute Gasteiger partial charge is 0.329 e. The van der Waals surface area contributed by atoms with Gasteiger partial charge < -0.3 is 29.4 Å². The van der Waals surface area contributed by atoms with Crippen LogP contribution in [0, 0.1) is 5.92 Å². The van der Waals surface area contributed by atoms with E-state index in [1.54, 1.807) is 46.9 Å². The molecule has 33 heavy (non-hydrogen) atoms. The van der Waals surface area contributed by atoms with E-state index in [4.69, 9.17) is 14.6 Å². The number of piperidine rings is 1. The van der Waals surface area contributed by atoms with Crippen molar-refractivity contribution in [3.63, 3.8) is 0 Å². The van der Waals surface area contributed by atoms with E-state index < -0.39 is 12.6 Å². The lowest BCUT2D eigenvalue weighted by Gasteiger charge is -2.42. The Kier molecular flexibility index (Phi) is 6.45. The summed E-state index contributed by atoms with van der Waals surface area (Å²) in [5.74, 6) is -1.06. The summed E-state index contributed by atoms with van der Waals surface area (Å²) in [5.41, 5.74) is 1.17. The number of amides is 2. The lowest BCUT2D eigenvalue weighted by Crippen LogP contribution is -2.50. The summed E-state index contributed by atoms with van der Waals surface area (Å²) in [5, 5.41) is 11.3. The first-order valence-corrected chi connectivity index (χ1v) is 10.6. The van der Waals surface area contributed by atoms with Crippen molar-refractivity contribution in [1.29, 1.82) is 0 Å². The van der Waals surface area contributed by atoms with Crippen molar-refractivity contribution in [3.05, 3.63) is 58.0 Å². The fourth-order valence-corrected chi connectivity index (χ4v) is 4.50. The number of likely N-dealkylation sites (tertiary alicyclic amines) is 1. The highest BCUT2D eigenvalue weighted by atomic mass is 16.5. The number of carbonyl (C=O) groups excluding carboxylic acids is 2. The topological polar surface area (TPSA) is 127 Å². The van der Waals surface area contributed by atoms with Crippen LogP contribution in [0.4, 0.5) is 5.69 Å². The summed E-state index contributed by atoms with van der Waals surface area (Å²) in [6.45, 7) is 0.546. The third-order valence-corrected chi connectivity index (χ3v) is 6.01. The van der Waals surface area contributed by atoms with Crippen LogP contribution in [0.25, 0.3) is 0 Å². The number of ether oxygens (including phenoxy) is 2. The molecule has 2 N–H and O–H groups in total. The van der Waals surface area contributed by atoms with Gasteiger partial charge in [-0.2, -0.15) is 0 Å². The summed E-state index contributed by atoms with van der Waals surface area (Å²) in [7, 11) is 1.54. The molecule has 0 spiro atoms. The molecule has 1 saturated heterocycles. The number of carbonyl (C=O) groups is 3. The Hall–Kier alpha value is -3.66. The maximum Gasteiger partial charge on any atom is 0.329 e. The van der Waals surface area contributed by atoms with Gasteiger partial charge in [0.05, 0.1) is 7.11 Å². The minimum atomic E-state index is -1.12. The van der Waals surface area contributed by atoms with Crippen molar-refractivity contribution in [2.45, 2.75) is 18.9 Å². The van der Waals surface area contributed by atoms with Gasteiger partial charge in [-0.1, -0.05) is 0 Å². The second-order valence-corrected chi connectivity index (χ2v) is 8.25. The molecule has 4 rings (SSSR count). The minimum absolute atomic E-state index is 0.0139. The van der Waals surface area contributed by atoms with Crippen molar-refractivity contribution in [3.8, 4) is 5.75 Å². The Balaban J connectivity index is 1.47. The van der Waals surface area contributed by atoms with E-state index in [9.17, 15) is 19.2 Å². The molecule has 0 aliphatic carbocycles. The van der Waals surface area contributed by atoms with Gasteiger partial charge >= 0.3 is 5.97 Å². The van der Waals surface area contributed by atoms with Crippen molar-refractivity contribution in [2.75, 3.05) is 38.7 Å². The molecule has 0 saturated carbocycles. The third-order valence-electron chi connectivity index (χ3n) is 6.01. The van der Waals surface area contributed by atoms with Gasteiger partial charge in [0.15, 0.2) is 0 Å². The predicted molar refractivity (Wildman–Crippen MR) is 118 cm³/mol. The average Bonchev–Trinajstić information content (AvgIpc) is 2.80. The molecular formula is C23H25N3O7. The van der Waals surface area contributed by atoms with Gasteiger partial charge in [0.2, 0.25) is 5.91 Å². The number of hydrogen-bond acceptors (Lipinski definition) is 6. The highest BCUT2D eigenvalue weighted by molar-refractivity contribution is 6.04. The zero-order chi connectivity index (χ0) is 23.5. The maximum absolute atomic E-state index is 13.1. The van der Waals surface area contributed by atoms with E-state index in [1.807, 2.05) is 6.07 Å². The molecule has 2 atom stereocenters. The molecule has 1 aromatic carbocycles. The molecule has 2 bridgehead atoms. The Morgan fingerprint density at radius 3 is 2.52 bits per heavy atom. The van der Waals surface area contributed by atoms with Crippen molar-refractivity contribution < 1.29 is 29.0 Å². The molecule has 2 amide bonds. The van der Waals surface area contributed by atoms with Crippen LogP contribution in [0.5, 0.6) is 5.75 Å². The largest absolute Gasteiger partial charge is 0.497 e. The SMILES string of the molecule is COc1ccc(C(=O)Nc2ccc3n(c2=O)C[C@H]2C[C@@H]3CN(C(=O)COCC(=O)O)C2)cc1. The molecule has 2 aliphatic rings. The van der Waals surface area contributed by atoms with Gasteiger partial charge in [0.25, 0.3) is 11.5 Å². The van der Waals surface area contributed by atoms with Crippen LogP contribution in [0.2, 0.25) is 0 Å². The number of aromatic nitrogens is 1. The van der Waals surface area contributed by atoms with Crippen LogP contribution >= 0.6 is 0 Å². The van der Waals surface area contributed by atoms with Gasteiger partial charge in [-0.25, -0.2) is 4.79 Å². The van der Waals surface area contributed by atoms with Crippen molar-refractivity contribution in [2.24, 2.45) is 5.92 Å². The number of nitrogens with zero attached hydrogens (tertiary/aromatic N) is 2. The molecule has 10 nitrogen and oxygen atoms in total. The molecule has 2 aliphatic heterocycles. The second-order valence-electron chi connectivity index (χ2n) is 8.25. The summed E-state index contributed by atoms with van der Waals surface area (Å²) >= 11 is 0. The normalized spacial score (nSPS) is 18.9. The Morgan fingerprint density at radius 1 is 1.06 bits per heavy atom. The highest BCUT2D eigenvalue weighted by Gasteiger charge is 2.36. The second kappa shape index (κ2) is 9.45. The van der Waals surface area contributed by atoms with E-state index in [0.29, 0.717) is 30.9 Å². The van der Waals surface area contributed by atoms with E-state index in [-0.39, 0.29) is 41.5 Å². The number of anilines is 1. The zero-order valence-electron chi connectivity index (χ0n) is 18.2. The monoisotopic (exact) mass is 455 g/mol. The summed E-state index contributed by atoms with van der Waals surface area (Å²) in [4.78, 5) is 50.4. The van der Waals surface area contributed by atoms with Crippen LogP contribution in [0.1, 0.15) is 28.4 Å². The lowest BCUT2D eigenvalue weighted by molar-refractivity contribution is -0.146. The number of nitrogens with one attached hydrogen (secondary N) is 1. The Labute approximate surface area is 189 Å². The van der Waals surface area contributed by atoms with Gasteiger partial charge in [0.1, 0.15) is 24.7 Å². The van der Waals surface area contributed by atoms with Gasteiger partial charge in [-0.3, -0.25) is 14.4 Å². The number of methoxy groups -OCH3 is 1. The van der Waals surface area contributed by atoms with Crippen LogP contribution in [0.15, 0.2) is 41.2 Å². The molecule has 1 fully saturated rings. The lowest BCUT2D eigenvalue weighted by atomic mass is 9.83. The molecular weight excluding hydrogens is 430 g/mol. The zero-order valence-corrected chi connectivity index (χ0v) is 18.2. The highest BCUT2D eigenvalue weighted by Crippen LogP contribution is 2.35. The van der Waals surface area contributed by atoms with Crippen molar-refractivity contribution in [1.82, 2.24) is 9.47 Å². The van der Waals surface area contributed by atoms with Gasteiger partial charge in [-0.15, -0.1) is 0 Å². The number of carboxylic acids is 1. The number of hydrogen-bond donors (Lipinski definition) is 2. The number of aliphatic carboxylic acids is 1. The minimum Gasteiger partial charge on any atom is -0.497 e. The van der Waals surface area contributed by atoms with Gasteiger partial charge in [-0.05, 0) is 48.7 Å². The summed E-state index contributed by atoms with van der Waals surface area (Å²) in [6, 6.07) is 10.0. The van der Waals surface area contributed by atoms with E-state index >= 15 is 0 Å². The number of rotatable bonds is 7. The van der Waals surface area contributed by atoms with E-state index in [1.165, 1.54) is 0 Å². The third kappa shape index (κ3) is 4.90. The van der Waals surface area contributed by atoms with Crippen LogP contribution in [-0.4, -0.2) is 65.8 Å². The molecule has 174 valence electrons. The number of carboxylic acid groups (broad SMARTS) is 1. The Morgan fingerprint density at radius 2 is 1.82 bits per heavy atom. The maximum atomic E-state index is 13.1. The fourth-order valence-electron chi connectivity index (χ4n) is 4.50. The first kappa shape index (κ1) is 22.5. The van der Waals surface area contributed by atoms with Gasteiger partial charge in [0, 0.05) is 36.8 Å². The molecule has 0 radical (unpaired) electrons. The standard InChI is InChI=1S/C23H25N3O7/c1-32-17-4-2-15(3-5-17)22(30)24-18-6-7-19-16-8-14(10-26(19)23(18)31)9-25(11-16)20(27)12-33-13-21(28)29/h2-7,14,16H,8-13H2,1H3,(H,24,30)(H,28,29)/t14-,16+/m0/s1. The van der Waals surface area contributed by atoms with Crippen LogP contribution in [0.3, 0.4) is 0 Å². The fraction of sp³-hybridized carbons (Fsp3) is 0.391. The molecule has 2 aromatic rings. The molecule has 3 heterocycles. The molecule has 10 heteroatoms. The van der Waals surface area contributed by atoms with Crippen LogP contribution in [-0.2, 0) is 20.9 Å². The van der Waals surface area contributed by atoms with Crippen molar-refractivity contribution >= 4 is 23.5 Å². The number of benzene rings is 1. The quantitative estimate of drug-likeness (QED) is 0.641.